The zero-order valence-corrected chi connectivity index (χ0v) is 12.7. The first-order valence-electron chi connectivity index (χ1n) is 5.74. The van der Waals surface area contributed by atoms with Gasteiger partial charge in [0.15, 0.2) is 5.82 Å². The lowest BCUT2D eigenvalue weighted by Gasteiger charge is -2.08. The summed E-state index contributed by atoms with van der Waals surface area (Å²) < 4.78 is 13.8. The molecule has 1 aromatic heterocycles. The molecule has 0 bridgehead atoms. The number of halogens is 4. The van der Waals surface area contributed by atoms with E-state index in [2.05, 4.69) is 25.9 Å². The van der Waals surface area contributed by atoms with Gasteiger partial charge in [0, 0.05) is 11.5 Å². The van der Waals surface area contributed by atoms with E-state index in [0.717, 1.165) is 23.0 Å². The minimum Gasteiger partial charge on any atom is -0.231 e. The molecule has 1 heterocycles. The van der Waals surface area contributed by atoms with Gasteiger partial charge in [-0.1, -0.05) is 23.2 Å². The summed E-state index contributed by atoms with van der Waals surface area (Å²) in [5.41, 5.74) is 1.48. The van der Waals surface area contributed by atoms with Crippen LogP contribution in [0.1, 0.15) is 24.5 Å². The molecule has 0 unspecified atom stereocenters. The third kappa shape index (κ3) is 2.62. The van der Waals surface area contributed by atoms with Crippen molar-refractivity contribution < 1.29 is 4.39 Å². The lowest BCUT2D eigenvalue weighted by atomic mass is 10.2. The Labute approximate surface area is 128 Å². The maximum Gasteiger partial charge on any atom is 0.162 e. The quantitative estimate of drug-likeness (QED) is 0.684. The Hall–Kier alpha value is -0.710. The van der Waals surface area contributed by atoms with Crippen LogP contribution in [-0.2, 0) is 0 Å². The van der Waals surface area contributed by atoms with Crippen LogP contribution in [0.2, 0.25) is 10.2 Å². The van der Waals surface area contributed by atoms with Gasteiger partial charge in [-0.15, -0.1) is 0 Å². The number of aromatic nitrogens is 2. The van der Waals surface area contributed by atoms with Crippen molar-refractivity contribution in [3.8, 4) is 11.4 Å². The summed E-state index contributed by atoms with van der Waals surface area (Å²) in [5, 5.41) is 0.632. The van der Waals surface area contributed by atoms with Crippen LogP contribution in [0, 0.1) is 5.82 Å². The second-order valence-corrected chi connectivity index (χ2v) is 5.99. The van der Waals surface area contributed by atoms with Crippen molar-refractivity contribution in [2.45, 2.75) is 18.8 Å². The number of hydrogen-bond acceptors (Lipinski definition) is 2. The van der Waals surface area contributed by atoms with Crippen LogP contribution in [-0.4, -0.2) is 9.97 Å². The third-order valence-corrected chi connectivity index (χ3v) is 4.57. The molecule has 0 saturated heterocycles. The molecule has 98 valence electrons. The molecule has 1 fully saturated rings. The van der Waals surface area contributed by atoms with E-state index in [1.807, 2.05) is 0 Å². The van der Waals surface area contributed by atoms with Crippen molar-refractivity contribution in [3.05, 3.63) is 44.4 Å². The maximum atomic E-state index is 13.1. The Morgan fingerprint density at radius 1 is 1.21 bits per heavy atom. The molecular weight excluding hydrogens is 354 g/mol. The normalized spacial score (nSPS) is 14.7. The van der Waals surface area contributed by atoms with E-state index in [9.17, 15) is 4.39 Å². The van der Waals surface area contributed by atoms with Gasteiger partial charge in [-0.2, -0.15) is 0 Å². The van der Waals surface area contributed by atoms with Gasteiger partial charge >= 0.3 is 0 Å². The van der Waals surface area contributed by atoms with E-state index in [0.29, 0.717) is 22.5 Å². The largest absolute Gasteiger partial charge is 0.231 e. The van der Waals surface area contributed by atoms with Crippen molar-refractivity contribution in [2.24, 2.45) is 0 Å². The molecule has 0 atom stereocenters. The number of rotatable bonds is 2. The van der Waals surface area contributed by atoms with Gasteiger partial charge < -0.3 is 0 Å². The van der Waals surface area contributed by atoms with Crippen LogP contribution in [0.15, 0.2) is 22.7 Å². The molecule has 3 rings (SSSR count). The summed E-state index contributed by atoms with van der Waals surface area (Å²) in [6.07, 6.45) is 2.20. The molecular formula is C13H8BrCl2FN2. The molecule has 2 aromatic rings. The lowest BCUT2D eigenvalue weighted by Crippen LogP contribution is -1.98. The van der Waals surface area contributed by atoms with E-state index in [1.165, 1.54) is 12.1 Å². The summed E-state index contributed by atoms with van der Waals surface area (Å²) in [6, 6.07) is 4.14. The van der Waals surface area contributed by atoms with Gasteiger partial charge in [-0.05, 0) is 47.0 Å². The van der Waals surface area contributed by atoms with Crippen LogP contribution < -0.4 is 0 Å². The molecule has 1 aromatic carbocycles. The van der Waals surface area contributed by atoms with Gasteiger partial charge in [0.2, 0.25) is 0 Å². The first kappa shape index (κ1) is 13.3. The topological polar surface area (TPSA) is 25.8 Å². The summed E-state index contributed by atoms with van der Waals surface area (Å²) in [5.74, 6) is 0.465. The van der Waals surface area contributed by atoms with Gasteiger partial charge in [-0.3, -0.25) is 0 Å². The molecule has 0 N–H and O–H groups in total. The maximum absolute atomic E-state index is 13.1. The van der Waals surface area contributed by atoms with Gasteiger partial charge in [0.05, 0.1) is 15.2 Å². The summed E-state index contributed by atoms with van der Waals surface area (Å²) in [6.45, 7) is 0. The molecule has 0 aliphatic heterocycles. The number of benzene rings is 1. The molecule has 6 heteroatoms. The van der Waals surface area contributed by atoms with Crippen molar-refractivity contribution in [3.63, 3.8) is 0 Å². The van der Waals surface area contributed by atoms with E-state index < -0.39 is 0 Å². The smallest absolute Gasteiger partial charge is 0.162 e. The Kier molecular flexibility index (Phi) is 3.50. The van der Waals surface area contributed by atoms with Crippen molar-refractivity contribution in [2.75, 3.05) is 0 Å². The molecule has 1 aliphatic carbocycles. The molecule has 2 nitrogen and oxygen atoms in total. The highest BCUT2D eigenvalue weighted by molar-refractivity contribution is 9.10. The SMILES string of the molecule is Fc1ccc(-c2nc(Cl)c(Br)c(C3CC3)n2)c(Cl)c1. The molecule has 0 amide bonds. The highest BCUT2D eigenvalue weighted by atomic mass is 79.9. The second kappa shape index (κ2) is 5.00. The Morgan fingerprint density at radius 2 is 1.95 bits per heavy atom. The Balaban J connectivity index is 2.14. The zero-order chi connectivity index (χ0) is 13.6. The molecule has 1 aliphatic rings. The molecule has 0 spiro atoms. The van der Waals surface area contributed by atoms with Crippen LogP contribution in [0.25, 0.3) is 11.4 Å². The van der Waals surface area contributed by atoms with Gasteiger partial charge in [0.1, 0.15) is 11.0 Å². The average molecular weight is 362 g/mol. The second-order valence-electron chi connectivity index (χ2n) is 4.44. The van der Waals surface area contributed by atoms with Crippen LogP contribution >= 0.6 is 39.1 Å². The van der Waals surface area contributed by atoms with E-state index in [4.69, 9.17) is 23.2 Å². The fourth-order valence-corrected chi connectivity index (χ4v) is 2.78. The summed E-state index contributed by atoms with van der Waals surface area (Å²) in [4.78, 5) is 8.71. The first-order valence-corrected chi connectivity index (χ1v) is 7.29. The lowest BCUT2D eigenvalue weighted by molar-refractivity contribution is 0.628. The fraction of sp³-hybridized carbons (Fsp3) is 0.231. The Morgan fingerprint density at radius 3 is 2.58 bits per heavy atom. The van der Waals surface area contributed by atoms with Crippen LogP contribution in [0.5, 0.6) is 0 Å². The Bertz CT molecular complexity index is 659. The predicted octanol–water partition coefficient (Wildman–Crippen LogP) is 5.23. The van der Waals surface area contributed by atoms with Crippen molar-refractivity contribution in [1.29, 1.82) is 0 Å². The molecule has 19 heavy (non-hydrogen) atoms. The first-order chi connectivity index (χ1) is 9.06. The highest BCUT2D eigenvalue weighted by Gasteiger charge is 2.29. The standard InChI is InChI=1S/C13H8BrCl2FN2/c14-10-11(6-1-2-6)18-13(19-12(10)16)8-4-3-7(17)5-9(8)15/h3-6H,1-2H2. The summed E-state index contributed by atoms with van der Waals surface area (Å²) >= 11 is 15.5. The van der Waals surface area contributed by atoms with E-state index in [-0.39, 0.29) is 10.8 Å². The number of hydrogen-bond donors (Lipinski definition) is 0. The zero-order valence-electron chi connectivity index (χ0n) is 9.63. The predicted molar refractivity (Wildman–Crippen MR) is 77.1 cm³/mol. The van der Waals surface area contributed by atoms with E-state index in [1.54, 1.807) is 6.07 Å². The average Bonchev–Trinajstić information content (AvgIpc) is 3.17. The number of nitrogens with zero attached hydrogens (tertiary/aromatic N) is 2. The molecule has 1 saturated carbocycles. The summed E-state index contributed by atoms with van der Waals surface area (Å²) in [7, 11) is 0. The van der Waals surface area contributed by atoms with E-state index >= 15 is 0 Å². The monoisotopic (exact) mass is 360 g/mol. The van der Waals surface area contributed by atoms with Crippen molar-refractivity contribution in [1.82, 2.24) is 9.97 Å². The minimum atomic E-state index is -0.389. The van der Waals surface area contributed by atoms with Gasteiger partial charge in [0.25, 0.3) is 0 Å². The third-order valence-electron chi connectivity index (χ3n) is 2.97. The van der Waals surface area contributed by atoms with Gasteiger partial charge in [-0.25, -0.2) is 14.4 Å². The van der Waals surface area contributed by atoms with Crippen LogP contribution in [0.3, 0.4) is 0 Å². The minimum absolute atomic E-state index is 0.278. The fourth-order valence-electron chi connectivity index (χ4n) is 1.85. The molecule has 0 radical (unpaired) electrons. The van der Waals surface area contributed by atoms with Crippen molar-refractivity contribution >= 4 is 39.1 Å². The highest BCUT2D eigenvalue weighted by Crippen LogP contribution is 2.44. The van der Waals surface area contributed by atoms with Crippen LogP contribution in [0.4, 0.5) is 4.39 Å².